The Labute approximate surface area is 100 Å². The summed E-state index contributed by atoms with van der Waals surface area (Å²) >= 11 is 0. The number of aromatic nitrogens is 1. The van der Waals surface area contributed by atoms with Crippen molar-refractivity contribution in [3.05, 3.63) is 30.1 Å². The topological polar surface area (TPSA) is 65.5 Å². The van der Waals surface area contributed by atoms with Gasteiger partial charge >= 0.3 is 5.97 Å². The van der Waals surface area contributed by atoms with Crippen molar-refractivity contribution in [2.24, 2.45) is 0 Å². The van der Waals surface area contributed by atoms with E-state index in [1.54, 1.807) is 31.5 Å². The number of carbonyl (C=O) groups is 1. The van der Waals surface area contributed by atoms with Gasteiger partial charge < -0.3 is 10.4 Å². The van der Waals surface area contributed by atoms with Crippen LogP contribution in [-0.2, 0) is 10.3 Å². The number of carboxylic acids is 1. The van der Waals surface area contributed by atoms with Crippen LogP contribution in [0.1, 0.15) is 12.5 Å². The first-order valence-electron chi connectivity index (χ1n) is 5.75. The second-order valence-electron chi connectivity index (χ2n) is 4.35. The summed E-state index contributed by atoms with van der Waals surface area (Å²) in [5.41, 5.74) is -0.188. The summed E-state index contributed by atoms with van der Waals surface area (Å²) in [4.78, 5) is 17.6. The Balaban J connectivity index is 2.35. The number of carboxylic acid groups (broad SMARTS) is 1. The van der Waals surface area contributed by atoms with Crippen LogP contribution in [0.15, 0.2) is 24.5 Å². The molecule has 5 heteroatoms. The van der Waals surface area contributed by atoms with Gasteiger partial charge in [0.25, 0.3) is 0 Å². The van der Waals surface area contributed by atoms with Crippen molar-refractivity contribution in [1.29, 1.82) is 0 Å². The standard InChI is InChI=1S/C12H17N3O2/c1-12(11(16)17,10-2-4-13-5-3-10)15-8-6-14-7-9-15/h2-5,14H,6-9H2,1H3,(H,16,17). The molecule has 17 heavy (non-hydrogen) atoms. The van der Waals surface area contributed by atoms with Crippen molar-refractivity contribution in [3.63, 3.8) is 0 Å². The number of hydrogen-bond donors (Lipinski definition) is 2. The lowest BCUT2D eigenvalue weighted by molar-refractivity contribution is -0.151. The van der Waals surface area contributed by atoms with E-state index in [0.717, 1.165) is 31.7 Å². The highest BCUT2D eigenvalue weighted by Gasteiger charge is 2.41. The van der Waals surface area contributed by atoms with Crippen molar-refractivity contribution in [1.82, 2.24) is 15.2 Å². The van der Waals surface area contributed by atoms with Crippen molar-refractivity contribution in [3.8, 4) is 0 Å². The van der Waals surface area contributed by atoms with Gasteiger partial charge in [0.2, 0.25) is 0 Å². The fourth-order valence-corrected chi connectivity index (χ4v) is 2.23. The van der Waals surface area contributed by atoms with Gasteiger partial charge in [-0.15, -0.1) is 0 Å². The van der Waals surface area contributed by atoms with E-state index in [9.17, 15) is 9.90 Å². The second-order valence-corrected chi connectivity index (χ2v) is 4.35. The predicted octanol–water partition coefficient (Wildman–Crippen LogP) is 0.287. The minimum atomic E-state index is -0.967. The molecule has 0 aliphatic carbocycles. The van der Waals surface area contributed by atoms with Crippen LogP contribution in [-0.4, -0.2) is 47.1 Å². The fraction of sp³-hybridized carbons (Fsp3) is 0.500. The average Bonchev–Trinajstić information content (AvgIpc) is 2.39. The zero-order valence-corrected chi connectivity index (χ0v) is 9.89. The first-order chi connectivity index (χ1) is 8.15. The van der Waals surface area contributed by atoms with E-state index < -0.39 is 11.5 Å². The first kappa shape index (κ1) is 12.0. The van der Waals surface area contributed by atoms with E-state index in [0.29, 0.717) is 0 Å². The summed E-state index contributed by atoms with van der Waals surface area (Å²) in [6, 6.07) is 3.55. The van der Waals surface area contributed by atoms with Gasteiger partial charge in [-0.25, -0.2) is 4.79 Å². The summed E-state index contributed by atoms with van der Waals surface area (Å²) in [5, 5.41) is 12.8. The van der Waals surface area contributed by atoms with Crippen LogP contribution in [0, 0.1) is 0 Å². The molecule has 0 saturated carbocycles. The number of aliphatic carboxylic acids is 1. The Hall–Kier alpha value is -1.46. The third-order valence-electron chi connectivity index (χ3n) is 3.41. The summed E-state index contributed by atoms with van der Waals surface area (Å²) in [7, 11) is 0. The van der Waals surface area contributed by atoms with Crippen molar-refractivity contribution in [2.45, 2.75) is 12.5 Å². The van der Waals surface area contributed by atoms with Gasteiger partial charge in [-0.2, -0.15) is 0 Å². The van der Waals surface area contributed by atoms with Crippen LogP contribution in [0.3, 0.4) is 0 Å². The molecule has 2 rings (SSSR count). The number of piperazine rings is 1. The molecule has 0 bridgehead atoms. The number of nitrogens with zero attached hydrogens (tertiary/aromatic N) is 2. The van der Waals surface area contributed by atoms with Gasteiger partial charge in [0, 0.05) is 38.6 Å². The highest BCUT2D eigenvalue weighted by Crippen LogP contribution is 2.28. The Morgan fingerprint density at radius 1 is 1.41 bits per heavy atom. The summed E-state index contributed by atoms with van der Waals surface area (Å²) < 4.78 is 0. The molecule has 1 aliphatic heterocycles. The molecule has 1 atom stereocenters. The number of hydrogen-bond acceptors (Lipinski definition) is 4. The van der Waals surface area contributed by atoms with Gasteiger partial charge in [0.15, 0.2) is 0 Å². The van der Waals surface area contributed by atoms with Crippen LogP contribution < -0.4 is 5.32 Å². The normalized spacial score (nSPS) is 20.8. The molecule has 1 fully saturated rings. The van der Waals surface area contributed by atoms with Crippen LogP contribution in [0.2, 0.25) is 0 Å². The molecular formula is C12H17N3O2. The highest BCUT2D eigenvalue weighted by molar-refractivity contribution is 5.80. The van der Waals surface area contributed by atoms with E-state index in [2.05, 4.69) is 10.3 Å². The molecule has 2 N–H and O–H groups in total. The minimum absolute atomic E-state index is 0.741. The van der Waals surface area contributed by atoms with Crippen molar-refractivity contribution in [2.75, 3.05) is 26.2 Å². The van der Waals surface area contributed by atoms with Crippen LogP contribution in [0.5, 0.6) is 0 Å². The van der Waals surface area contributed by atoms with E-state index >= 15 is 0 Å². The predicted molar refractivity (Wildman–Crippen MR) is 63.7 cm³/mol. The SMILES string of the molecule is CC(C(=O)O)(c1ccncc1)N1CCNCC1. The quantitative estimate of drug-likeness (QED) is 0.788. The molecule has 0 radical (unpaired) electrons. The molecule has 92 valence electrons. The van der Waals surface area contributed by atoms with E-state index in [1.165, 1.54) is 0 Å². The van der Waals surface area contributed by atoms with Gasteiger partial charge in [-0.3, -0.25) is 9.88 Å². The maximum absolute atomic E-state index is 11.6. The molecule has 1 saturated heterocycles. The molecule has 1 aliphatic rings. The maximum atomic E-state index is 11.6. The average molecular weight is 235 g/mol. The molecule has 0 aromatic carbocycles. The Morgan fingerprint density at radius 2 is 2.00 bits per heavy atom. The Bertz CT molecular complexity index is 390. The van der Waals surface area contributed by atoms with Gasteiger partial charge in [0.05, 0.1) is 0 Å². The largest absolute Gasteiger partial charge is 0.480 e. The van der Waals surface area contributed by atoms with Gasteiger partial charge in [-0.05, 0) is 24.6 Å². The van der Waals surface area contributed by atoms with E-state index in [4.69, 9.17) is 0 Å². The molecule has 1 aromatic heterocycles. The third kappa shape index (κ3) is 2.16. The number of pyridine rings is 1. The first-order valence-corrected chi connectivity index (χ1v) is 5.75. The zero-order valence-electron chi connectivity index (χ0n) is 9.89. The molecule has 0 amide bonds. The molecule has 1 aromatic rings. The monoisotopic (exact) mass is 235 g/mol. The van der Waals surface area contributed by atoms with Gasteiger partial charge in [-0.1, -0.05) is 0 Å². The van der Waals surface area contributed by atoms with Crippen molar-refractivity contribution >= 4 is 5.97 Å². The summed E-state index contributed by atoms with van der Waals surface area (Å²) in [6.45, 7) is 4.90. The summed E-state index contributed by atoms with van der Waals surface area (Å²) in [5.74, 6) is -0.814. The lowest BCUT2D eigenvalue weighted by Gasteiger charge is -2.40. The lowest BCUT2D eigenvalue weighted by Crippen LogP contribution is -2.56. The fourth-order valence-electron chi connectivity index (χ4n) is 2.23. The molecule has 0 spiro atoms. The van der Waals surface area contributed by atoms with Crippen molar-refractivity contribution < 1.29 is 9.90 Å². The molecule has 5 nitrogen and oxygen atoms in total. The minimum Gasteiger partial charge on any atom is -0.480 e. The summed E-state index contributed by atoms with van der Waals surface area (Å²) in [6.07, 6.45) is 3.28. The number of rotatable bonds is 3. The molecule has 2 heterocycles. The maximum Gasteiger partial charge on any atom is 0.328 e. The van der Waals surface area contributed by atoms with Crippen LogP contribution >= 0.6 is 0 Å². The van der Waals surface area contributed by atoms with E-state index in [-0.39, 0.29) is 0 Å². The van der Waals surface area contributed by atoms with Crippen LogP contribution in [0.25, 0.3) is 0 Å². The Kier molecular flexibility index (Phi) is 3.40. The Morgan fingerprint density at radius 3 is 2.53 bits per heavy atom. The smallest absolute Gasteiger partial charge is 0.328 e. The van der Waals surface area contributed by atoms with Gasteiger partial charge in [0.1, 0.15) is 5.54 Å². The molecular weight excluding hydrogens is 218 g/mol. The number of nitrogens with one attached hydrogen (secondary N) is 1. The van der Waals surface area contributed by atoms with E-state index in [1.807, 2.05) is 4.90 Å². The third-order valence-corrected chi connectivity index (χ3v) is 3.41. The van der Waals surface area contributed by atoms with Crippen LogP contribution in [0.4, 0.5) is 0 Å². The highest BCUT2D eigenvalue weighted by atomic mass is 16.4. The second kappa shape index (κ2) is 4.81. The zero-order chi connectivity index (χ0) is 12.3. The molecule has 1 unspecified atom stereocenters. The lowest BCUT2D eigenvalue weighted by atomic mass is 9.90.